The Bertz CT molecular complexity index is 302. The van der Waals surface area contributed by atoms with E-state index in [0.717, 1.165) is 5.92 Å². The van der Waals surface area contributed by atoms with Crippen molar-refractivity contribution < 1.29 is 0 Å². The van der Waals surface area contributed by atoms with Gasteiger partial charge in [0.1, 0.15) is 0 Å². The Morgan fingerprint density at radius 3 is 2.44 bits per heavy atom. The van der Waals surface area contributed by atoms with Crippen molar-refractivity contribution in [2.45, 2.75) is 45.1 Å². The lowest BCUT2D eigenvalue weighted by Crippen LogP contribution is -2.36. The van der Waals surface area contributed by atoms with Gasteiger partial charge in [0.15, 0.2) is 0 Å². The van der Waals surface area contributed by atoms with Crippen molar-refractivity contribution >= 4 is 0 Å². The van der Waals surface area contributed by atoms with Gasteiger partial charge in [0.05, 0.1) is 0 Å². The van der Waals surface area contributed by atoms with Crippen molar-refractivity contribution in [1.29, 1.82) is 0 Å². The van der Waals surface area contributed by atoms with Gasteiger partial charge >= 0.3 is 0 Å². The van der Waals surface area contributed by atoms with E-state index in [4.69, 9.17) is 0 Å². The topological polar surface area (TPSA) is 12.0 Å². The number of benzene rings is 1. The third-order valence-electron chi connectivity index (χ3n) is 4.03. The maximum atomic E-state index is 3.68. The molecule has 1 aliphatic rings. The lowest BCUT2D eigenvalue weighted by Gasteiger charge is -2.29. The van der Waals surface area contributed by atoms with E-state index in [1.807, 2.05) is 0 Å². The molecule has 0 aliphatic heterocycles. The van der Waals surface area contributed by atoms with Crippen LogP contribution in [-0.4, -0.2) is 12.6 Å². The zero-order valence-corrected chi connectivity index (χ0v) is 10.4. The zero-order chi connectivity index (χ0) is 11.4. The van der Waals surface area contributed by atoms with E-state index in [1.165, 1.54) is 31.4 Å². The van der Waals surface area contributed by atoms with E-state index < -0.39 is 0 Å². The number of hydrogen-bond acceptors (Lipinski definition) is 1. The normalized spacial score (nSPS) is 20.1. The molecule has 0 heterocycles. The molecule has 1 N–H and O–H groups in total. The van der Waals surface area contributed by atoms with Crippen molar-refractivity contribution in [1.82, 2.24) is 5.32 Å². The number of rotatable bonds is 5. The van der Waals surface area contributed by atoms with Crippen LogP contribution in [-0.2, 0) is 0 Å². The van der Waals surface area contributed by atoms with Gasteiger partial charge in [-0.25, -0.2) is 0 Å². The highest BCUT2D eigenvalue weighted by Crippen LogP contribution is 2.26. The maximum Gasteiger partial charge on any atom is 0.0105 e. The van der Waals surface area contributed by atoms with Gasteiger partial charge in [-0.15, -0.1) is 0 Å². The molecule has 0 spiro atoms. The molecule has 0 amide bonds. The molecule has 0 aromatic heterocycles. The predicted octanol–water partition coefficient (Wildman–Crippen LogP) is 3.57. The Morgan fingerprint density at radius 1 is 1.19 bits per heavy atom. The molecular weight excluding hydrogens is 194 g/mol. The summed E-state index contributed by atoms with van der Waals surface area (Å²) >= 11 is 0. The molecular formula is C15H23N. The quantitative estimate of drug-likeness (QED) is 0.795. The Morgan fingerprint density at radius 2 is 1.88 bits per heavy atom. The Labute approximate surface area is 99.3 Å². The first-order chi connectivity index (χ1) is 7.77. The summed E-state index contributed by atoms with van der Waals surface area (Å²) in [5.41, 5.74) is 1.44. The summed E-state index contributed by atoms with van der Waals surface area (Å²) in [6.07, 6.45) is 4.30. The van der Waals surface area contributed by atoms with Crippen LogP contribution in [0.2, 0.25) is 0 Å². The average Bonchev–Trinajstić information content (AvgIpc) is 2.27. The first-order valence-electron chi connectivity index (χ1n) is 6.55. The number of hydrogen-bond donors (Lipinski definition) is 1. The third kappa shape index (κ3) is 2.85. The largest absolute Gasteiger partial charge is 0.313 e. The fourth-order valence-electron chi connectivity index (χ4n) is 2.27. The summed E-state index contributed by atoms with van der Waals surface area (Å²) in [5, 5.41) is 3.68. The van der Waals surface area contributed by atoms with Crippen molar-refractivity contribution in [3.8, 4) is 0 Å². The van der Waals surface area contributed by atoms with Crippen molar-refractivity contribution in [3.63, 3.8) is 0 Å². The fraction of sp³-hybridized carbons (Fsp3) is 0.600. The highest BCUT2D eigenvalue weighted by molar-refractivity contribution is 5.20. The van der Waals surface area contributed by atoms with Gasteiger partial charge in [0.25, 0.3) is 0 Å². The van der Waals surface area contributed by atoms with Crippen LogP contribution in [0.4, 0.5) is 0 Å². The molecule has 1 aromatic rings. The SMILES string of the molecule is CC(NCC1CCC1)C(C)c1ccccc1. The van der Waals surface area contributed by atoms with Gasteiger partial charge in [-0.1, -0.05) is 43.7 Å². The van der Waals surface area contributed by atoms with Gasteiger partial charge < -0.3 is 5.32 Å². The monoisotopic (exact) mass is 217 g/mol. The summed E-state index contributed by atoms with van der Waals surface area (Å²) in [6.45, 7) is 5.82. The van der Waals surface area contributed by atoms with E-state index >= 15 is 0 Å². The van der Waals surface area contributed by atoms with E-state index in [1.54, 1.807) is 0 Å². The minimum Gasteiger partial charge on any atom is -0.313 e. The standard InChI is InChI=1S/C15H23N/c1-12(15-9-4-3-5-10-15)13(2)16-11-14-7-6-8-14/h3-5,9-10,12-14,16H,6-8,11H2,1-2H3. The predicted molar refractivity (Wildman–Crippen MR) is 69.7 cm³/mol. The molecule has 88 valence electrons. The molecule has 0 bridgehead atoms. The summed E-state index contributed by atoms with van der Waals surface area (Å²) < 4.78 is 0. The van der Waals surface area contributed by atoms with Gasteiger partial charge in [0.2, 0.25) is 0 Å². The summed E-state index contributed by atoms with van der Waals surface area (Å²) in [6, 6.07) is 11.4. The highest BCUT2D eigenvalue weighted by atomic mass is 14.9. The molecule has 1 nitrogen and oxygen atoms in total. The molecule has 1 fully saturated rings. The van der Waals surface area contributed by atoms with Gasteiger partial charge in [0, 0.05) is 6.04 Å². The molecule has 0 radical (unpaired) electrons. The molecule has 0 saturated heterocycles. The van der Waals surface area contributed by atoms with Crippen LogP contribution in [0, 0.1) is 5.92 Å². The lowest BCUT2D eigenvalue weighted by molar-refractivity contribution is 0.285. The smallest absolute Gasteiger partial charge is 0.0105 e. The van der Waals surface area contributed by atoms with Crippen LogP contribution in [0.1, 0.15) is 44.6 Å². The third-order valence-corrected chi connectivity index (χ3v) is 4.03. The molecule has 2 unspecified atom stereocenters. The van der Waals surface area contributed by atoms with Crippen LogP contribution in [0.25, 0.3) is 0 Å². The minimum absolute atomic E-state index is 0.572. The lowest BCUT2D eigenvalue weighted by atomic mass is 9.85. The van der Waals surface area contributed by atoms with Gasteiger partial charge in [-0.05, 0) is 43.7 Å². The second kappa shape index (κ2) is 5.49. The second-order valence-corrected chi connectivity index (χ2v) is 5.19. The Balaban J connectivity index is 1.81. The first kappa shape index (κ1) is 11.7. The average molecular weight is 217 g/mol. The summed E-state index contributed by atoms with van der Waals surface area (Å²) in [5.74, 6) is 1.55. The van der Waals surface area contributed by atoms with Gasteiger partial charge in [-0.3, -0.25) is 0 Å². The molecule has 1 aliphatic carbocycles. The molecule has 1 heteroatoms. The molecule has 1 aromatic carbocycles. The van der Waals surface area contributed by atoms with E-state index in [0.29, 0.717) is 12.0 Å². The minimum atomic E-state index is 0.572. The Kier molecular flexibility index (Phi) is 4.00. The first-order valence-corrected chi connectivity index (χ1v) is 6.55. The molecule has 1 saturated carbocycles. The fourth-order valence-corrected chi connectivity index (χ4v) is 2.27. The van der Waals surface area contributed by atoms with E-state index in [-0.39, 0.29) is 0 Å². The molecule has 16 heavy (non-hydrogen) atoms. The van der Waals surface area contributed by atoms with Crippen LogP contribution in [0.15, 0.2) is 30.3 Å². The van der Waals surface area contributed by atoms with Crippen molar-refractivity contribution in [2.75, 3.05) is 6.54 Å². The highest BCUT2D eigenvalue weighted by Gasteiger charge is 2.19. The zero-order valence-electron chi connectivity index (χ0n) is 10.4. The van der Waals surface area contributed by atoms with Gasteiger partial charge in [-0.2, -0.15) is 0 Å². The van der Waals surface area contributed by atoms with E-state index in [9.17, 15) is 0 Å². The van der Waals surface area contributed by atoms with E-state index in [2.05, 4.69) is 49.5 Å². The van der Waals surface area contributed by atoms with Crippen LogP contribution < -0.4 is 5.32 Å². The van der Waals surface area contributed by atoms with Crippen LogP contribution >= 0.6 is 0 Å². The van der Waals surface area contributed by atoms with Crippen LogP contribution in [0.3, 0.4) is 0 Å². The van der Waals surface area contributed by atoms with Crippen molar-refractivity contribution in [2.24, 2.45) is 5.92 Å². The second-order valence-electron chi connectivity index (χ2n) is 5.19. The summed E-state index contributed by atoms with van der Waals surface area (Å²) in [7, 11) is 0. The number of nitrogens with one attached hydrogen (secondary N) is 1. The molecule has 2 rings (SSSR count). The Hall–Kier alpha value is -0.820. The summed E-state index contributed by atoms with van der Waals surface area (Å²) in [4.78, 5) is 0. The van der Waals surface area contributed by atoms with Crippen molar-refractivity contribution in [3.05, 3.63) is 35.9 Å². The maximum absolute atomic E-state index is 3.68. The van der Waals surface area contributed by atoms with Crippen LogP contribution in [0.5, 0.6) is 0 Å². The molecule has 2 atom stereocenters.